The van der Waals surface area contributed by atoms with Gasteiger partial charge in [0.1, 0.15) is 11.8 Å². The summed E-state index contributed by atoms with van der Waals surface area (Å²) in [5.74, 6) is -0.0479. The number of aryl methyl sites for hydroxylation is 1. The molecule has 1 N–H and O–H groups in total. The lowest BCUT2D eigenvalue weighted by Gasteiger charge is -2.33. The minimum absolute atomic E-state index is 0. The maximum Gasteiger partial charge on any atom is 0.407 e. The van der Waals surface area contributed by atoms with E-state index in [-0.39, 0.29) is 43.0 Å². The van der Waals surface area contributed by atoms with Crippen LogP contribution in [0.4, 0.5) is 4.79 Å². The lowest BCUT2D eigenvalue weighted by Crippen LogP contribution is -2.41. The van der Waals surface area contributed by atoms with E-state index in [2.05, 4.69) is 27.8 Å². The molecule has 1 amide bonds. The maximum atomic E-state index is 13.5. The molecule has 0 spiro atoms. The predicted molar refractivity (Wildman–Crippen MR) is 162 cm³/mol. The van der Waals surface area contributed by atoms with E-state index in [0.717, 1.165) is 60.7 Å². The van der Waals surface area contributed by atoms with Gasteiger partial charge in [0.05, 0.1) is 0 Å². The summed E-state index contributed by atoms with van der Waals surface area (Å²) in [6.45, 7) is 8.97. The molecule has 1 aliphatic heterocycles. The number of esters is 1. The Kier molecular flexibility index (Phi) is 11.1. The van der Waals surface area contributed by atoms with Crippen LogP contribution in [0, 0.1) is 5.92 Å². The van der Waals surface area contributed by atoms with Crippen molar-refractivity contribution < 1.29 is 23.9 Å². The van der Waals surface area contributed by atoms with Crippen LogP contribution in [0.5, 0.6) is 0 Å². The van der Waals surface area contributed by atoms with Crippen molar-refractivity contribution in [2.24, 2.45) is 13.0 Å². The van der Waals surface area contributed by atoms with E-state index in [1.54, 1.807) is 0 Å². The van der Waals surface area contributed by atoms with Crippen LogP contribution in [-0.4, -0.2) is 63.8 Å². The Labute approximate surface area is 249 Å². The van der Waals surface area contributed by atoms with Crippen molar-refractivity contribution in [3.05, 3.63) is 47.9 Å². The first-order valence-electron chi connectivity index (χ1n) is 14.5. The van der Waals surface area contributed by atoms with Crippen LogP contribution >= 0.6 is 12.4 Å². The van der Waals surface area contributed by atoms with E-state index in [1.807, 2.05) is 63.3 Å². The maximum absolute atomic E-state index is 13.5. The number of hydrogen-bond acceptors (Lipinski definition) is 7. The van der Waals surface area contributed by atoms with Crippen LogP contribution in [0.2, 0.25) is 0 Å². The van der Waals surface area contributed by atoms with Gasteiger partial charge in [0, 0.05) is 67.0 Å². The van der Waals surface area contributed by atoms with Crippen LogP contribution in [0.15, 0.2) is 36.7 Å². The van der Waals surface area contributed by atoms with Gasteiger partial charge >= 0.3 is 12.1 Å². The molecule has 1 aromatic carbocycles. The molecule has 0 fully saturated rings. The number of alkyl carbamates (subject to hydrolysis) is 1. The number of para-hydroxylation sites is 1. The molecule has 2 aromatic rings. The highest BCUT2D eigenvalue weighted by Gasteiger charge is 2.34. The molecule has 1 aliphatic carbocycles. The molecular weight excluding hydrogens is 544 g/mol. The molecule has 2 heterocycles. The number of nitrogens with zero attached hydrogens (tertiary/aromatic N) is 3. The van der Waals surface area contributed by atoms with Gasteiger partial charge in [-0.3, -0.25) is 9.59 Å². The zero-order valence-electron chi connectivity index (χ0n) is 25.0. The molecule has 226 valence electrons. The molecule has 4 rings (SSSR count). The second-order valence-corrected chi connectivity index (χ2v) is 11.9. The standard InChI is InChI=1S/C31H44N4O5.ClH/c1-22-34(20-23-15-16-26-28(29(23)37)24-12-9-10-13-25(24)33(26)5)18-19-35(22)21-39-27(36)14-8-6-7-11-17-32-30(38)40-31(2,3)4;/h9-10,12-13,18-19,22-23H,6-8,11,14-17,20-21H2,1-5H3,(H,32,38);1H. The molecule has 2 aliphatic rings. The van der Waals surface area contributed by atoms with E-state index in [4.69, 9.17) is 9.47 Å². The summed E-state index contributed by atoms with van der Waals surface area (Å²) in [7, 11) is 2.05. The van der Waals surface area contributed by atoms with Gasteiger partial charge in [-0.05, 0) is 59.4 Å². The third kappa shape index (κ3) is 8.18. The fraction of sp³-hybridized carbons (Fsp3) is 0.581. The average Bonchev–Trinajstić information content (AvgIpc) is 3.39. The van der Waals surface area contributed by atoms with E-state index in [9.17, 15) is 14.4 Å². The number of carbonyl (C=O) groups is 3. The number of aromatic nitrogens is 1. The predicted octanol–water partition coefficient (Wildman–Crippen LogP) is 5.76. The Morgan fingerprint density at radius 2 is 1.76 bits per heavy atom. The van der Waals surface area contributed by atoms with Crippen LogP contribution in [0.25, 0.3) is 10.9 Å². The third-order valence-corrected chi connectivity index (χ3v) is 7.77. The highest BCUT2D eigenvalue weighted by molar-refractivity contribution is 6.11. The number of ketones is 1. The molecule has 2 unspecified atom stereocenters. The topological polar surface area (TPSA) is 93.1 Å². The number of rotatable bonds is 11. The Bertz CT molecular complexity index is 1250. The van der Waals surface area contributed by atoms with Crippen molar-refractivity contribution in [2.75, 3.05) is 19.8 Å². The Balaban J connectivity index is 0.00000462. The molecule has 10 heteroatoms. The molecule has 9 nitrogen and oxygen atoms in total. The molecule has 2 atom stereocenters. The number of ether oxygens (including phenoxy) is 2. The number of Topliss-reactive ketones (excluding diaryl/α,β-unsaturated/α-hetero) is 1. The molecule has 0 radical (unpaired) electrons. The zero-order valence-corrected chi connectivity index (χ0v) is 25.8. The fourth-order valence-corrected chi connectivity index (χ4v) is 5.53. The first kappa shape index (κ1) is 32.3. The summed E-state index contributed by atoms with van der Waals surface area (Å²) in [6.07, 6.45) is 9.05. The van der Waals surface area contributed by atoms with Gasteiger partial charge in [-0.1, -0.05) is 31.0 Å². The normalized spacial score (nSPS) is 18.3. The van der Waals surface area contributed by atoms with Crippen molar-refractivity contribution in [1.29, 1.82) is 0 Å². The van der Waals surface area contributed by atoms with Gasteiger partial charge in [0.25, 0.3) is 0 Å². The van der Waals surface area contributed by atoms with E-state index in [0.29, 0.717) is 19.5 Å². The smallest absolute Gasteiger partial charge is 0.407 e. The lowest BCUT2D eigenvalue weighted by molar-refractivity contribution is -0.148. The number of benzene rings is 1. The summed E-state index contributed by atoms with van der Waals surface area (Å²) in [4.78, 5) is 41.6. The second-order valence-electron chi connectivity index (χ2n) is 11.9. The van der Waals surface area contributed by atoms with E-state index >= 15 is 0 Å². The van der Waals surface area contributed by atoms with Gasteiger partial charge < -0.3 is 29.2 Å². The van der Waals surface area contributed by atoms with Gasteiger partial charge in [-0.25, -0.2) is 4.79 Å². The van der Waals surface area contributed by atoms with Crippen LogP contribution in [0.1, 0.15) is 82.3 Å². The molecule has 0 bridgehead atoms. The quantitative estimate of drug-likeness (QED) is 0.264. The first-order valence-corrected chi connectivity index (χ1v) is 14.5. The van der Waals surface area contributed by atoms with Gasteiger partial charge in [0.2, 0.25) is 0 Å². The van der Waals surface area contributed by atoms with E-state index < -0.39 is 11.7 Å². The van der Waals surface area contributed by atoms with Crippen molar-refractivity contribution in [1.82, 2.24) is 19.7 Å². The summed E-state index contributed by atoms with van der Waals surface area (Å²) in [5.41, 5.74) is 2.63. The van der Waals surface area contributed by atoms with Gasteiger partial charge in [-0.2, -0.15) is 0 Å². The zero-order chi connectivity index (χ0) is 28.9. The Morgan fingerprint density at radius 3 is 2.51 bits per heavy atom. The Morgan fingerprint density at radius 1 is 1.05 bits per heavy atom. The Hall–Kier alpha value is -3.20. The molecule has 41 heavy (non-hydrogen) atoms. The summed E-state index contributed by atoms with van der Waals surface area (Å²) < 4.78 is 12.9. The monoisotopic (exact) mass is 588 g/mol. The number of fused-ring (bicyclic) bond motifs is 3. The number of carbonyl (C=O) groups excluding carboxylic acids is 3. The first-order chi connectivity index (χ1) is 19.0. The molecule has 0 saturated carbocycles. The number of hydrogen-bond donors (Lipinski definition) is 1. The average molecular weight is 589 g/mol. The van der Waals surface area contributed by atoms with E-state index in [1.165, 1.54) is 0 Å². The number of amides is 1. The number of halogens is 1. The molecule has 1 aromatic heterocycles. The van der Waals surface area contributed by atoms with Gasteiger partial charge in [0.15, 0.2) is 12.5 Å². The SMILES string of the molecule is CC1N(COC(=O)CCCCCCNC(=O)OC(C)(C)C)C=CN1CC1CCc2c(c3ccccc3n2C)C1=O.Cl. The van der Waals surface area contributed by atoms with Crippen LogP contribution < -0.4 is 5.32 Å². The largest absolute Gasteiger partial charge is 0.444 e. The molecule has 0 saturated heterocycles. The van der Waals surface area contributed by atoms with Gasteiger partial charge in [-0.15, -0.1) is 12.4 Å². The molecular formula is C31H45ClN4O5. The highest BCUT2D eigenvalue weighted by atomic mass is 35.5. The number of nitrogens with one attached hydrogen (secondary N) is 1. The van der Waals surface area contributed by atoms with Crippen LogP contribution in [-0.2, 0) is 27.7 Å². The summed E-state index contributed by atoms with van der Waals surface area (Å²) >= 11 is 0. The van der Waals surface area contributed by atoms with Crippen molar-refractivity contribution in [2.45, 2.75) is 84.4 Å². The summed E-state index contributed by atoms with van der Waals surface area (Å²) in [5, 5.41) is 3.80. The minimum atomic E-state index is -0.498. The lowest BCUT2D eigenvalue weighted by atomic mass is 9.84. The van der Waals surface area contributed by atoms with Crippen LogP contribution in [0.3, 0.4) is 0 Å². The second kappa shape index (κ2) is 14.1. The number of unbranched alkanes of at least 4 members (excludes halogenated alkanes) is 3. The fourth-order valence-electron chi connectivity index (χ4n) is 5.53. The third-order valence-electron chi connectivity index (χ3n) is 7.77. The van der Waals surface area contributed by atoms with Crippen molar-refractivity contribution in [3.8, 4) is 0 Å². The summed E-state index contributed by atoms with van der Waals surface area (Å²) in [6, 6.07) is 8.14. The van der Waals surface area contributed by atoms with Crippen molar-refractivity contribution in [3.63, 3.8) is 0 Å². The highest BCUT2D eigenvalue weighted by Crippen LogP contribution is 2.34. The minimum Gasteiger partial charge on any atom is -0.444 e. The van der Waals surface area contributed by atoms with Crippen molar-refractivity contribution >= 4 is 41.2 Å².